The Morgan fingerprint density at radius 3 is 3.10 bits per heavy atom. The molecule has 1 saturated heterocycles. The molecule has 2 rings (SSSR count). The topological polar surface area (TPSA) is 47.4 Å². The van der Waals surface area contributed by atoms with Crippen molar-refractivity contribution in [1.82, 2.24) is 14.7 Å². The van der Waals surface area contributed by atoms with E-state index < -0.39 is 0 Å². The predicted molar refractivity (Wildman–Crippen MR) is 78.2 cm³/mol. The fourth-order valence-corrected chi connectivity index (χ4v) is 2.53. The Hall–Kier alpha value is -1.62. The van der Waals surface area contributed by atoms with Crippen molar-refractivity contribution in [3.63, 3.8) is 0 Å². The first kappa shape index (κ1) is 14.8. The molecule has 5 nitrogen and oxygen atoms in total. The monoisotopic (exact) mass is 277 g/mol. The lowest BCUT2D eigenvalue weighted by Gasteiger charge is -2.18. The van der Waals surface area contributed by atoms with Crippen LogP contribution in [0.15, 0.2) is 18.3 Å². The molecule has 0 aliphatic carbocycles. The summed E-state index contributed by atoms with van der Waals surface area (Å²) in [4.78, 5) is 14.1. The number of carbonyl (C=O) groups is 1. The van der Waals surface area contributed by atoms with Gasteiger partial charge in [0.1, 0.15) is 0 Å². The number of amides is 1. The van der Waals surface area contributed by atoms with E-state index in [-0.39, 0.29) is 5.91 Å². The molecule has 20 heavy (non-hydrogen) atoms. The highest BCUT2D eigenvalue weighted by Gasteiger charge is 2.18. The molecule has 1 amide bonds. The largest absolute Gasteiger partial charge is 0.381 e. The van der Waals surface area contributed by atoms with Gasteiger partial charge in [-0.15, -0.1) is 0 Å². The summed E-state index contributed by atoms with van der Waals surface area (Å²) in [5.41, 5.74) is 0.963. The molecule has 110 valence electrons. The van der Waals surface area contributed by atoms with Gasteiger partial charge in [-0.3, -0.25) is 9.48 Å². The van der Waals surface area contributed by atoms with Crippen molar-refractivity contribution >= 4 is 12.0 Å². The van der Waals surface area contributed by atoms with Crippen molar-refractivity contribution in [2.75, 3.05) is 20.2 Å². The molecule has 0 radical (unpaired) electrons. The van der Waals surface area contributed by atoms with Crippen LogP contribution in [0, 0.1) is 0 Å². The normalized spacial score (nSPS) is 20.3. The zero-order valence-corrected chi connectivity index (χ0v) is 12.3. The van der Waals surface area contributed by atoms with E-state index in [9.17, 15) is 4.79 Å². The van der Waals surface area contributed by atoms with Crippen LogP contribution in [0.2, 0.25) is 0 Å². The van der Waals surface area contributed by atoms with Crippen LogP contribution >= 0.6 is 0 Å². The van der Waals surface area contributed by atoms with Gasteiger partial charge < -0.3 is 9.64 Å². The minimum atomic E-state index is 0.0746. The highest BCUT2D eigenvalue weighted by atomic mass is 16.5. The molecule has 0 bridgehead atoms. The van der Waals surface area contributed by atoms with Crippen molar-refractivity contribution in [3.8, 4) is 0 Å². The Bertz CT molecular complexity index is 467. The summed E-state index contributed by atoms with van der Waals surface area (Å²) in [6.45, 7) is 4.43. The Balaban J connectivity index is 1.94. The summed E-state index contributed by atoms with van der Waals surface area (Å²) in [6.07, 6.45) is 8.50. The summed E-state index contributed by atoms with van der Waals surface area (Å²) >= 11 is 0. The number of nitrogens with zero attached hydrogens (tertiary/aromatic N) is 3. The molecule has 5 heteroatoms. The fourth-order valence-electron chi connectivity index (χ4n) is 2.53. The zero-order valence-electron chi connectivity index (χ0n) is 12.3. The Morgan fingerprint density at radius 2 is 2.35 bits per heavy atom. The second-order valence-corrected chi connectivity index (χ2v) is 5.02. The lowest BCUT2D eigenvalue weighted by molar-refractivity contribution is -0.126. The van der Waals surface area contributed by atoms with Gasteiger partial charge >= 0.3 is 0 Å². The molecular formula is C15H23N3O2. The van der Waals surface area contributed by atoms with E-state index in [2.05, 4.69) is 5.10 Å². The van der Waals surface area contributed by atoms with Crippen molar-refractivity contribution in [2.24, 2.45) is 0 Å². The van der Waals surface area contributed by atoms with Gasteiger partial charge in [-0.1, -0.05) is 0 Å². The quantitative estimate of drug-likeness (QED) is 0.790. The maximum absolute atomic E-state index is 12.2. The average Bonchev–Trinajstić information content (AvgIpc) is 2.79. The van der Waals surface area contributed by atoms with E-state index in [0.29, 0.717) is 6.10 Å². The Labute approximate surface area is 120 Å². The van der Waals surface area contributed by atoms with Crippen LogP contribution < -0.4 is 0 Å². The minimum absolute atomic E-state index is 0.0746. The van der Waals surface area contributed by atoms with Gasteiger partial charge in [0.05, 0.1) is 11.8 Å². The fraction of sp³-hybridized carbons (Fsp3) is 0.600. The number of hydrogen-bond donors (Lipinski definition) is 0. The molecule has 1 aliphatic heterocycles. The number of likely N-dealkylation sites (tertiary alicyclic amines) is 1. The molecule has 1 aliphatic rings. The van der Waals surface area contributed by atoms with Gasteiger partial charge in [-0.05, 0) is 38.3 Å². The summed E-state index contributed by atoms with van der Waals surface area (Å²) in [5.74, 6) is 0.0746. The molecular weight excluding hydrogens is 254 g/mol. The van der Waals surface area contributed by atoms with Gasteiger partial charge in [0.25, 0.3) is 0 Å². The molecule has 1 aromatic rings. The second-order valence-electron chi connectivity index (χ2n) is 5.02. The molecule has 0 spiro atoms. The zero-order chi connectivity index (χ0) is 14.4. The first-order valence-electron chi connectivity index (χ1n) is 7.26. The number of aryl methyl sites for hydroxylation is 1. The molecule has 1 fully saturated rings. The molecule has 1 atom stereocenters. The van der Waals surface area contributed by atoms with E-state index in [1.807, 2.05) is 28.6 Å². The Kier molecular flexibility index (Phi) is 5.35. The second kappa shape index (κ2) is 7.24. The van der Waals surface area contributed by atoms with Crippen LogP contribution in [0.25, 0.3) is 6.08 Å². The summed E-state index contributed by atoms with van der Waals surface area (Å²) < 4.78 is 7.25. The number of rotatable bonds is 4. The summed E-state index contributed by atoms with van der Waals surface area (Å²) in [5, 5.41) is 4.19. The van der Waals surface area contributed by atoms with Crippen LogP contribution in [-0.2, 0) is 16.1 Å². The van der Waals surface area contributed by atoms with Crippen molar-refractivity contribution < 1.29 is 9.53 Å². The van der Waals surface area contributed by atoms with Gasteiger partial charge in [-0.2, -0.15) is 5.10 Å². The lowest BCUT2D eigenvalue weighted by atomic mass is 10.2. The van der Waals surface area contributed by atoms with E-state index in [0.717, 1.165) is 44.6 Å². The SMILES string of the molecule is CCn1nccc1/C=C/C(=O)N1CCCC(OC)CC1. The summed E-state index contributed by atoms with van der Waals surface area (Å²) in [6, 6.07) is 1.91. The third-order valence-electron chi connectivity index (χ3n) is 3.77. The van der Waals surface area contributed by atoms with E-state index >= 15 is 0 Å². The molecule has 2 heterocycles. The predicted octanol–water partition coefficient (Wildman–Crippen LogP) is 1.94. The number of ether oxygens (including phenoxy) is 1. The van der Waals surface area contributed by atoms with E-state index in [1.165, 1.54) is 0 Å². The minimum Gasteiger partial charge on any atom is -0.381 e. The molecule has 0 N–H and O–H groups in total. The smallest absolute Gasteiger partial charge is 0.246 e. The Morgan fingerprint density at radius 1 is 1.50 bits per heavy atom. The maximum Gasteiger partial charge on any atom is 0.246 e. The van der Waals surface area contributed by atoms with Gasteiger partial charge in [0.15, 0.2) is 0 Å². The van der Waals surface area contributed by atoms with Gasteiger partial charge in [0.2, 0.25) is 5.91 Å². The highest BCUT2D eigenvalue weighted by Crippen LogP contribution is 2.14. The third kappa shape index (κ3) is 3.70. The number of aromatic nitrogens is 2. The van der Waals surface area contributed by atoms with Crippen LogP contribution in [0.5, 0.6) is 0 Å². The van der Waals surface area contributed by atoms with Gasteiger partial charge in [-0.25, -0.2) is 0 Å². The average molecular weight is 277 g/mol. The third-order valence-corrected chi connectivity index (χ3v) is 3.77. The van der Waals surface area contributed by atoms with Crippen LogP contribution in [0.1, 0.15) is 31.9 Å². The number of hydrogen-bond acceptors (Lipinski definition) is 3. The van der Waals surface area contributed by atoms with Crippen molar-refractivity contribution in [1.29, 1.82) is 0 Å². The first-order chi connectivity index (χ1) is 9.74. The van der Waals surface area contributed by atoms with Gasteiger partial charge in [0, 0.05) is 39.0 Å². The molecule has 0 saturated carbocycles. The molecule has 1 unspecified atom stereocenters. The lowest BCUT2D eigenvalue weighted by Crippen LogP contribution is -2.30. The van der Waals surface area contributed by atoms with Crippen molar-refractivity contribution in [2.45, 2.75) is 38.8 Å². The highest BCUT2D eigenvalue weighted by molar-refractivity contribution is 5.91. The van der Waals surface area contributed by atoms with Crippen LogP contribution in [0.4, 0.5) is 0 Å². The van der Waals surface area contributed by atoms with Crippen LogP contribution in [0.3, 0.4) is 0 Å². The number of methoxy groups -OCH3 is 1. The maximum atomic E-state index is 12.2. The van der Waals surface area contributed by atoms with Crippen molar-refractivity contribution in [3.05, 3.63) is 24.0 Å². The van der Waals surface area contributed by atoms with E-state index in [4.69, 9.17) is 4.74 Å². The number of carbonyl (C=O) groups excluding carboxylic acids is 1. The van der Waals surface area contributed by atoms with Crippen LogP contribution in [-0.4, -0.2) is 46.9 Å². The first-order valence-corrected chi connectivity index (χ1v) is 7.26. The van der Waals surface area contributed by atoms with E-state index in [1.54, 1.807) is 19.4 Å². The standard InChI is InChI=1S/C15H23N3O2/c1-3-18-13(8-10-16-18)6-7-15(19)17-11-4-5-14(20-2)9-12-17/h6-8,10,14H,3-5,9,11-12H2,1-2H3/b7-6+. The summed E-state index contributed by atoms with van der Waals surface area (Å²) in [7, 11) is 1.74. The molecule has 0 aromatic carbocycles. The molecule has 1 aromatic heterocycles.